The third kappa shape index (κ3) is 3.97. The molecule has 0 aliphatic carbocycles. The highest BCUT2D eigenvalue weighted by Crippen LogP contribution is 2.26. The Morgan fingerprint density at radius 2 is 1.80 bits per heavy atom. The summed E-state index contributed by atoms with van der Waals surface area (Å²) in [4.78, 5) is 17.3. The lowest BCUT2D eigenvalue weighted by Crippen LogP contribution is -2.16. The van der Waals surface area contributed by atoms with Crippen LogP contribution in [0, 0.1) is 6.92 Å². The van der Waals surface area contributed by atoms with E-state index in [1.54, 1.807) is 0 Å². The number of nitrogens with two attached hydrogens (primary N) is 1. The Labute approximate surface area is 173 Å². The molecule has 7 heteroatoms. The highest BCUT2D eigenvalue weighted by Gasteiger charge is 2.13. The fourth-order valence-electron chi connectivity index (χ4n) is 3.45. The fourth-order valence-corrected chi connectivity index (χ4v) is 3.45. The van der Waals surface area contributed by atoms with Gasteiger partial charge in [-0.15, -0.1) is 10.2 Å². The van der Waals surface area contributed by atoms with E-state index in [2.05, 4.69) is 15.5 Å². The van der Waals surface area contributed by atoms with Crippen molar-refractivity contribution >= 4 is 28.3 Å². The van der Waals surface area contributed by atoms with Crippen molar-refractivity contribution in [2.24, 2.45) is 0 Å². The number of benzene rings is 2. The molecule has 0 aliphatic rings. The first-order chi connectivity index (χ1) is 14.5. The molecule has 0 atom stereocenters. The first-order valence-corrected chi connectivity index (χ1v) is 9.52. The van der Waals surface area contributed by atoms with Gasteiger partial charge in [-0.25, -0.2) is 0 Å². The van der Waals surface area contributed by atoms with Gasteiger partial charge in [-0.1, -0.05) is 36.4 Å². The molecule has 0 spiro atoms. The first-order valence-electron chi connectivity index (χ1n) is 9.52. The summed E-state index contributed by atoms with van der Waals surface area (Å²) >= 11 is 0. The lowest BCUT2D eigenvalue weighted by atomic mass is 9.98. The molecule has 4 aromatic rings. The van der Waals surface area contributed by atoms with E-state index < -0.39 is 0 Å². The number of anilines is 2. The summed E-state index contributed by atoms with van der Waals surface area (Å²) < 4.78 is 0. The van der Waals surface area contributed by atoms with Gasteiger partial charge >= 0.3 is 0 Å². The molecule has 0 fully saturated rings. The number of aromatic nitrogens is 3. The van der Waals surface area contributed by atoms with Crippen molar-refractivity contribution in [3.63, 3.8) is 0 Å². The Bertz CT molecular complexity index is 1220. The maximum absolute atomic E-state index is 12.6. The molecule has 4 N–H and O–H groups in total. The topological polar surface area (TPSA) is 114 Å². The van der Waals surface area contributed by atoms with Gasteiger partial charge in [0.1, 0.15) is 5.82 Å². The molecule has 2 aromatic carbocycles. The van der Waals surface area contributed by atoms with Gasteiger partial charge in [0, 0.05) is 23.2 Å². The molecule has 0 aliphatic heterocycles. The van der Waals surface area contributed by atoms with Gasteiger partial charge in [0.2, 0.25) is 0 Å². The average molecular weight is 399 g/mol. The van der Waals surface area contributed by atoms with E-state index in [1.165, 1.54) is 12.1 Å². The molecule has 0 radical (unpaired) electrons. The second-order valence-corrected chi connectivity index (χ2v) is 7.03. The molecule has 0 bridgehead atoms. The van der Waals surface area contributed by atoms with Gasteiger partial charge in [0.15, 0.2) is 5.69 Å². The number of aliphatic hydroxyl groups is 1. The number of para-hydroxylation sites is 2. The van der Waals surface area contributed by atoms with Crippen LogP contribution >= 0.6 is 0 Å². The maximum Gasteiger partial charge on any atom is 0.276 e. The second-order valence-electron chi connectivity index (χ2n) is 7.03. The Morgan fingerprint density at radius 3 is 2.57 bits per heavy atom. The highest BCUT2D eigenvalue weighted by atomic mass is 16.3. The molecular formula is C23H21N5O2. The molecule has 4 rings (SSSR count). The molecule has 2 aromatic heterocycles. The molecule has 1 amide bonds. The maximum atomic E-state index is 12.6. The van der Waals surface area contributed by atoms with Crippen molar-refractivity contribution in [1.82, 2.24) is 15.2 Å². The van der Waals surface area contributed by atoms with Gasteiger partial charge in [-0.05, 0) is 47.9 Å². The van der Waals surface area contributed by atoms with Crippen LogP contribution in [0.3, 0.4) is 0 Å². The number of nitrogens with zero attached hydrogens (tertiary/aromatic N) is 3. The minimum absolute atomic E-state index is 0.0431. The van der Waals surface area contributed by atoms with Gasteiger partial charge in [0.25, 0.3) is 5.91 Å². The van der Waals surface area contributed by atoms with Gasteiger partial charge in [-0.3, -0.25) is 9.78 Å². The first kappa shape index (κ1) is 19.5. The van der Waals surface area contributed by atoms with Gasteiger partial charge < -0.3 is 16.2 Å². The minimum Gasteiger partial charge on any atom is -0.392 e. The zero-order valence-corrected chi connectivity index (χ0v) is 16.5. The van der Waals surface area contributed by atoms with E-state index in [0.717, 1.165) is 33.3 Å². The number of nitrogens with one attached hydrogen (secondary N) is 1. The summed E-state index contributed by atoms with van der Waals surface area (Å²) in [6, 6.07) is 18.5. The van der Waals surface area contributed by atoms with Gasteiger partial charge in [0.05, 0.1) is 12.1 Å². The Kier molecular flexibility index (Phi) is 5.36. The molecule has 0 saturated carbocycles. The van der Waals surface area contributed by atoms with Crippen molar-refractivity contribution in [3.8, 4) is 0 Å². The van der Waals surface area contributed by atoms with E-state index in [9.17, 15) is 9.90 Å². The number of rotatable bonds is 5. The van der Waals surface area contributed by atoms with Crippen molar-refractivity contribution < 1.29 is 9.90 Å². The zero-order valence-electron chi connectivity index (χ0n) is 16.5. The monoisotopic (exact) mass is 399 g/mol. The van der Waals surface area contributed by atoms with E-state index in [0.29, 0.717) is 12.1 Å². The van der Waals surface area contributed by atoms with Crippen LogP contribution in [-0.2, 0) is 13.0 Å². The minimum atomic E-state index is -0.357. The van der Waals surface area contributed by atoms with Crippen molar-refractivity contribution in [3.05, 3.63) is 88.7 Å². The van der Waals surface area contributed by atoms with Crippen molar-refractivity contribution in [1.29, 1.82) is 0 Å². The van der Waals surface area contributed by atoms with Crippen molar-refractivity contribution in [2.45, 2.75) is 20.0 Å². The van der Waals surface area contributed by atoms with Crippen LogP contribution in [0.25, 0.3) is 10.9 Å². The predicted octanol–water partition coefficient (Wildman–Crippen LogP) is 3.25. The molecule has 150 valence electrons. The lowest BCUT2D eigenvalue weighted by Gasteiger charge is -2.13. The summed E-state index contributed by atoms with van der Waals surface area (Å²) in [5.74, 6) is -0.0997. The standard InChI is InChI=1S/C23H21N5O2/c1-14-11-17(13-29)18-7-4-6-16(22(18)25-14)12-15-5-2-3-8-19(15)26-23(30)20-9-10-21(24)28-27-20/h2-11,29H,12-13H2,1H3,(H2,24,28)(H,26,30). The number of pyridine rings is 1. The molecule has 2 heterocycles. The summed E-state index contributed by atoms with van der Waals surface area (Å²) in [6.07, 6.45) is 0.572. The average Bonchev–Trinajstić information content (AvgIpc) is 2.75. The second kappa shape index (κ2) is 8.26. The van der Waals surface area contributed by atoms with Crippen LogP contribution in [0.5, 0.6) is 0 Å². The Hall–Kier alpha value is -3.84. The molecule has 30 heavy (non-hydrogen) atoms. The largest absolute Gasteiger partial charge is 0.392 e. The van der Waals surface area contributed by atoms with Gasteiger partial charge in [-0.2, -0.15) is 0 Å². The SMILES string of the molecule is Cc1cc(CO)c2cccc(Cc3ccccc3NC(=O)c3ccc(N)nn3)c2n1. The molecule has 0 saturated heterocycles. The molecular weight excluding hydrogens is 378 g/mol. The molecule has 7 nitrogen and oxygen atoms in total. The van der Waals surface area contributed by atoms with E-state index >= 15 is 0 Å². The summed E-state index contributed by atoms with van der Waals surface area (Å²) in [7, 11) is 0. The Balaban J connectivity index is 1.68. The molecule has 0 unspecified atom stereocenters. The van der Waals surface area contributed by atoms with Crippen LogP contribution in [0.2, 0.25) is 0 Å². The summed E-state index contributed by atoms with van der Waals surface area (Å²) in [6.45, 7) is 1.87. The summed E-state index contributed by atoms with van der Waals surface area (Å²) in [5.41, 5.74) is 10.9. The Morgan fingerprint density at radius 1 is 1.00 bits per heavy atom. The number of nitrogen functional groups attached to an aromatic ring is 1. The number of hydrogen-bond acceptors (Lipinski definition) is 6. The van der Waals surface area contributed by atoms with Crippen LogP contribution in [0.4, 0.5) is 11.5 Å². The number of aliphatic hydroxyl groups excluding tert-OH is 1. The third-order valence-electron chi connectivity index (χ3n) is 4.87. The van der Waals surface area contributed by atoms with Crippen molar-refractivity contribution in [2.75, 3.05) is 11.1 Å². The zero-order chi connectivity index (χ0) is 21.1. The number of carbonyl (C=O) groups is 1. The van der Waals surface area contributed by atoms with E-state index in [4.69, 9.17) is 10.7 Å². The van der Waals surface area contributed by atoms with Crippen LogP contribution in [0.15, 0.2) is 60.7 Å². The van der Waals surface area contributed by atoms with E-state index in [1.807, 2.05) is 55.5 Å². The van der Waals surface area contributed by atoms with E-state index in [-0.39, 0.29) is 24.0 Å². The number of amides is 1. The predicted molar refractivity (Wildman–Crippen MR) is 116 cm³/mol. The van der Waals surface area contributed by atoms with Crippen LogP contribution < -0.4 is 11.1 Å². The number of carbonyl (C=O) groups excluding carboxylic acids is 1. The van der Waals surface area contributed by atoms with Crippen LogP contribution in [0.1, 0.15) is 32.9 Å². The fraction of sp³-hybridized carbons (Fsp3) is 0.130. The highest BCUT2D eigenvalue weighted by molar-refractivity contribution is 6.03. The lowest BCUT2D eigenvalue weighted by molar-refractivity contribution is 0.102. The summed E-state index contributed by atoms with van der Waals surface area (Å²) in [5, 5.41) is 21.1. The smallest absolute Gasteiger partial charge is 0.276 e. The number of fused-ring (bicyclic) bond motifs is 1. The third-order valence-corrected chi connectivity index (χ3v) is 4.87. The van der Waals surface area contributed by atoms with Crippen LogP contribution in [-0.4, -0.2) is 26.2 Å². The number of aryl methyl sites for hydroxylation is 1. The normalized spacial score (nSPS) is 10.9. The number of hydrogen-bond donors (Lipinski definition) is 3. The quantitative estimate of drug-likeness (QED) is 0.475.